The van der Waals surface area contributed by atoms with Crippen LogP contribution in [0, 0.1) is 27.3 Å². The standard InChI is InChI=1S/C53H63FN8O9S/c1-5-48(63)60-20-21-61(45(30-60)39-9-7-6-8-38(39)32(2)3)35-26-53(27-35)16-18-59(19-17-53)34-10-11-40(46(22-34)71-36-23-41-42(54)29-56-50(41)55-28-36)51(64)58-72(68,69)37-24-44(62(66)67)49-47(25-37)70-31-43(57-49)33-12-14-52(4,65)15-13-33/h6-11,22-25,28-29,32-33,35,43,45,57,65H,5,12-21,26-27,30-31H2,1-4H3,(H,55,56)(H,58,64)/t33?,43-,45-,52?/m1/s1. The quantitative estimate of drug-likeness (QED) is 0.0681. The van der Waals surface area contributed by atoms with Crippen LogP contribution in [0.4, 0.5) is 21.5 Å². The maximum absolute atomic E-state index is 14.7. The molecule has 5 aliphatic rings. The fraction of sp³-hybridized carbons (Fsp3) is 0.491. The summed E-state index contributed by atoms with van der Waals surface area (Å²) in [4.78, 5) is 52.2. The molecule has 2 aromatic heterocycles. The fourth-order valence-corrected chi connectivity index (χ4v) is 12.9. The molecule has 19 heteroatoms. The van der Waals surface area contributed by atoms with E-state index < -0.39 is 42.9 Å². The number of nitrogens with zero attached hydrogens (tertiary/aromatic N) is 5. The van der Waals surface area contributed by atoms with Crippen molar-refractivity contribution in [1.29, 1.82) is 0 Å². The van der Waals surface area contributed by atoms with E-state index in [0.29, 0.717) is 56.3 Å². The van der Waals surface area contributed by atoms with E-state index in [0.717, 1.165) is 69.7 Å². The lowest BCUT2D eigenvalue weighted by atomic mass is 9.59. The highest BCUT2D eigenvalue weighted by Gasteiger charge is 2.50. The lowest BCUT2D eigenvalue weighted by Crippen LogP contribution is -2.60. The molecule has 2 saturated heterocycles. The molecule has 10 rings (SSSR count). The van der Waals surface area contributed by atoms with Gasteiger partial charge in [-0.1, -0.05) is 45.0 Å². The Hall–Kier alpha value is -6.31. The van der Waals surface area contributed by atoms with Gasteiger partial charge in [0.1, 0.15) is 29.6 Å². The molecule has 0 bridgehead atoms. The Labute approximate surface area is 418 Å². The summed E-state index contributed by atoms with van der Waals surface area (Å²) in [7, 11) is -4.74. The number of rotatable bonds is 12. The molecule has 0 radical (unpaired) electrons. The van der Waals surface area contributed by atoms with Gasteiger partial charge in [-0.25, -0.2) is 22.5 Å². The van der Waals surface area contributed by atoms with Crippen LogP contribution in [0.15, 0.2) is 78.0 Å². The number of piperazine rings is 1. The summed E-state index contributed by atoms with van der Waals surface area (Å²) in [5.74, 6) is -0.930. The fourth-order valence-electron chi connectivity index (χ4n) is 11.9. The zero-order valence-electron chi connectivity index (χ0n) is 41.2. The van der Waals surface area contributed by atoms with Crippen LogP contribution < -0.4 is 24.4 Å². The van der Waals surface area contributed by atoms with Gasteiger partial charge in [0.15, 0.2) is 11.4 Å². The van der Waals surface area contributed by atoms with Crippen LogP contribution in [0.2, 0.25) is 0 Å². The van der Waals surface area contributed by atoms with E-state index in [2.05, 4.69) is 67.9 Å². The summed E-state index contributed by atoms with van der Waals surface area (Å²) >= 11 is 0. The van der Waals surface area contributed by atoms with E-state index >= 15 is 0 Å². The molecule has 3 aliphatic heterocycles. The number of pyridine rings is 1. The number of benzene rings is 3. The Bertz CT molecular complexity index is 3010. The molecular formula is C53H63FN8O9S. The first-order valence-electron chi connectivity index (χ1n) is 25.2. The van der Waals surface area contributed by atoms with Crippen molar-refractivity contribution in [2.45, 2.75) is 120 Å². The number of piperidine rings is 1. The zero-order chi connectivity index (χ0) is 50.7. The van der Waals surface area contributed by atoms with Crippen molar-refractivity contribution in [3.8, 4) is 17.2 Å². The Balaban J connectivity index is 0.863. The smallest absolute Gasteiger partial charge is 0.297 e. The molecule has 4 N–H and O–H groups in total. The minimum atomic E-state index is -4.74. The van der Waals surface area contributed by atoms with Gasteiger partial charge in [0.25, 0.3) is 21.6 Å². The lowest BCUT2D eigenvalue weighted by molar-refractivity contribution is -0.384. The van der Waals surface area contributed by atoms with Crippen LogP contribution in [0.5, 0.6) is 17.2 Å². The predicted octanol–water partition coefficient (Wildman–Crippen LogP) is 8.80. The maximum Gasteiger partial charge on any atom is 0.297 e. The number of carbonyl (C=O) groups excluding carboxylic acids is 2. The number of amides is 2. The maximum atomic E-state index is 14.7. The number of carbonyl (C=O) groups is 2. The van der Waals surface area contributed by atoms with Crippen molar-refractivity contribution in [2.24, 2.45) is 11.3 Å². The Morgan fingerprint density at radius 3 is 2.51 bits per heavy atom. The number of halogens is 1. The SMILES string of the molecule is CCC(=O)N1CCN(C2CC3(CCN(c4ccc(C(=O)NS(=O)(=O)c5cc6c(c([N+](=O)[O-])c5)N[C@@H](C5CCC(C)(O)CC5)CO6)c(Oc5cnc6[nH]cc(F)c6c5)c4)CC3)C2)[C@@H](c2ccccc2C(C)C)C1. The Morgan fingerprint density at radius 1 is 1.04 bits per heavy atom. The second kappa shape index (κ2) is 19.3. The molecule has 2 aliphatic carbocycles. The van der Waals surface area contributed by atoms with Crippen molar-refractivity contribution < 1.29 is 41.9 Å². The third-order valence-electron chi connectivity index (χ3n) is 16.2. The summed E-state index contributed by atoms with van der Waals surface area (Å²) < 4.78 is 57.1. The highest BCUT2D eigenvalue weighted by Crippen LogP contribution is 2.54. The minimum Gasteiger partial charge on any atom is -0.489 e. The number of hydrogen-bond donors (Lipinski definition) is 4. The van der Waals surface area contributed by atoms with Gasteiger partial charge in [0.05, 0.1) is 44.7 Å². The second-order valence-electron chi connectivity index (χ2n) is 21.2. The number of fused-ring (bicyclic) bond motifs is 2. The largest absolute Gasteiger partial charge is 0.489 e. The number of nitro groups is 1. The van der Waals surface area contributed by atoms with E-state index in [1.54, 1.807) is 19.1 Å². The third kappa shape index (κ3) is 9.69. The molecule has 72 heavy (non-hydrogen) atoms. The van der Waals surface area contributed by atoms with E-state index in [9.17, 15) is 37.6 Å². The van der Waals surface area contributed by atoms with Crippen molar-refractivity contribution in [2.75, 3.05) is 49.5 Å². The molecule has 5 aromatic rings. The van der Waals surface area contributed by atoms with Crippen LogP contribution in [0.25, 0.3) is 11.0 Å². The number of anilines is 2. The second-order valence-corrected chi connectivity index (χ2v) is 22.9. The molecule has 17 nitrogen and oxygen atoms in total. The van der Waals surface area contributed by atoms with Gasteiger partial charge in [0.2, 0.25) is 5.91 Å². The third-order valence-corrected chi connectivity index (χ3v) is 17.5. The zero-order valence-corrected chi connectivity index (χ0v) is 42.0. The number of hydrogen-bond acceptors (Lipinski definition) is 13. The average Bonchev–Trinajstić information content (AvgIpc) is 3.73. The molecule has 5 heterocycles. The van der Waals surface area contributed by atoms with Crippen LogP contribution >= 0.6 is 0 Å². The summed E-state index contributed by atoms with van der Waals surface area (Å²) in [6, 6.07) is 17.2. The van der Waals surface area contributed by atoms with E-state index in [1.807, 2.05) is 11.8 Å². The number of aliphatic hydroxyl groups is 1. The highest BCUT2D eigenvalue weighted by molar-refractivity contribution is 7.90. The molecule has 0 unspecified atom stereocenters. The molecule has 2 saturated carbocycles. The first-order chi connectivity index (χ1) is 34.4. The monoisotopic (exact) mass is 1010 g/mol. The molecule has 1 spiro atoms. The summed E-state index contributed by atoms with van der Waals surface area (Å²) in [6.45, 7) is 12.0. The molecule has 3 aromatic carbocycles. The van der Waals surface area contributed by atoms with Crippen LogP contribution in [-0.2, 0) is 14.8 Å². The highest BCUT2D eigenvalue weighted by atomic mass is 32.2. The summed E-state index contributed by atoms with van der Waals surface area (Å²) in [5, 5.41) is 26.3. The summed E-state index contributed by atoms with van der Waals surface area (Å²) in [6.07, 6.45) is 9.55. The molecule has 4 fully saturated rings. The number of aromatic nitrogens is 2. The molecule has 382 valence electrons. The van der Waals surface area contributed by atoms with Gasteiger partial charge in [-0.05, 0) is 105 Å². The van der Waals surface area contributed by atoms with Gasteiger partial charge in [-0.2, -0.15) is 0 Å². The van der Waals surface area contributed by atoms with Gasteiger partial charge >= 0.3 is 0 Å². The Morgan fingerprint density at radius 2 is 1.79 bits per heavy atom. The number of nitro benzene ring substituents is 1. The predicted molar refractivity (Wildman–Crippen MR) is 270 cm³/mol. The number of sulfonamides is 1. The van der Waals surface area contributed by atoms with Gasteiger partial charge in [0, 0.05) is 75.3 Å². The van der Waals surface area contributed by atoms with Crippen molar-refractivity contribution in [1.82, 2.24) is 24.5 Å². The number of nitrogens with one attached hydrogen (secondary N) is 3. The average molecular weight is 1010 g/mol. The number of H-pyrrole nitrogens is 1. The van der Waals surface area contributed by atoms with E-state index in [1.165, 1.54) is 35.7 Å². The van der Waals surface area contributed by atoms with Crippen LogP contribution in [0.3, 0.4) is 0 Å². The van der Waals surface area contributed by atoms with E-state index in [4.69, 9.17) is 9.47 Å². The number of aromatic amines is 1. The van der Waals surface area contributed by atoms with Crippen molar-refractivity contribution in [3.63, 3.8) is 0 Å². The lowest BCUT2D eigenvalue weighted by Gasteiger charge is -2.58. The summed E-state index contributed by atoms with van der Waals surface area (Å²) in [5.41, 5.74) is 2.40. The van der Waals surface area contributed by atoms with Crippen LogP contribution in [0.1, 0.15) is 119 Å². The topological polar surface area (TPSA) is 213 Å². The van der Waals surface area contributed by atoms with Crippen LogP contribution in [-0.4, -0.2) is 107 Å². The Kier molecular flexibility index (Phi) is 13.2. The molecule has 2 amide bonds. The molecule has 2 atom stereocenters. The van der Waals surface area contributed by atoms with Crippen molar-refractivity contribution >= 4 is 49.9 Å². The first-order valence-corrected chi connectivity index (χ1v) is 26.7. The normalized spacial score (nSPS) is 23.5. The van der Waals surface area contributed by atoms with Gasteiger partial charge < -0.3 is 34.7 Å². The van der Waals surface area contributed by atoms with Gasteiger partial charge in [-0.3, -0.25) is 24.6 Å². The minimum absolute atomic E-state index is 0.00562. The van der Waals surface area contributed by atoms with E-state index in [-0.39, 0.29) is 69.8 Å². The molecular weight excluding hydrogens is 944 g/mol. The first kappa shape index (κ1) is 49.3. The van der Waals surface area contributed by atoms with Gasteiger partial charge in [-0.15, -0.1) is 0 Å². The van der Waals surface area contributed by atoms with Crippen molar-refractivity contribution in [3.05, 3.63) is 106 Å². The number of ether oxygens (including phenoxy) is 2.